The van der Waals surface area contributed by atoms with Gasteiger partial charge < -0.3 is 4.52 Å². The fourth-order valence-electron chi connectivity index (χ4n) is 2.43. The minimum atomic E-state index is 0.532. The minimum absolute atomic E-state index is 0.532. The molecule has 0 aliphatic heterocycles. The van der Waals surface area contributed by atoms with Gasteiger partial charge in [-0.15, -0.1) is 0 Å². The van der Waals surface area contributed by atoms with E-state index in [0.717, 1.165) is 40.7 Å². The fourth-order valence-corrected chi connectivity index (χ4v) is 3.18. The van der Waals surface area contributed by atoms with E-state index in [1.54, 1.807) is 24.2 Å². The molecule has 3 aromatic heterocycles. The van der Waals surface area contributed by atoms with Gasteiger partial charge in [-0.3, -0.25) is 9.88 Å². The summed E-state index contributed by atoms with van der Waals surface area (Å²) in [4.78, 5) is 15.1. The number of rotatable bonds is 8. The summed E-state index contributed by atoms with van der Waals surface area (Å²) in [5, 5.41) is 5.50. The zero-order valence-electron chi connectivity index (χ0n) is 15.3. The summed E-state index contributed by atoms with van der Waals surface area (Å²) in [6.45, 7) is 5.78. The Morgan fingerprint density at radius 2 is 1.88 bits per heavy atom. The Morgan fingerprint density at radius 1 is 1.15 bits per heavy atom. The van der Waals surface area contributed by atoms with Gasteiger partial charge >= 0.3 is 0 Å². The number of nitrogens with zero attached hydrogens (tertiary/aromatic N) is 5. The van der Waals surface area contributed by atoms with Gasteiger partial charge in [0.1, 0.15) is 5.69 Å². The number of pyridine rings is 1. The van der Waals surface area contributed by atoms with Gasteiger partial charge in [-0.1, -0.05) is 30.8 Å². The van der Waals surface area contributed by atoms with Crippen LogP contribution in [-0.2, 0) is 13.1 Å². The van der Waals surface area contributed by atoms with Crippen molar-refractivity contribution in [1.82, 2.24) is 25.0 Å². The van der Waals surface area contributed by atoms with E-state index in [0.29, 0.717) is 11.8 Å². The van der Waals surface area contributed by atoms with E-state index < -0.39 is 0 Å². The van der Waals surface area contributed by atoms with Crippen molar-refractivity contribution in [2.24, 2.45) is 0 Å². The molecule has 7 heteroatoms. The molecule has 136 valence electrons. The molecule has 3 heterocycles. The second kappa shape index (κ2) is 8.91. The molecular formula is C19H23N5OS. The highest BCUT2D eigenvalue weighted by atomic mass is 32.2. The molecule has 1 atom stereocenters. The van der Waals surface area contributed by atoms with Crippen molar-refractivity contribution in [2.75, 3.05) is 7.05 Å². The van der Waals surface area contributed by atoms with Crippen molar-refractivity contribution in [1.29, 1.82) is 0 Å². The molecule has 0 aliphatic rings. The number of aromatic nitrogens is 4. The summed E-state index contributed by atoms with van der Waals surface area (Å²) in [7, 11) is 2.04. The van der Waals surface area contributed by atoms with Crippen molar-refractivity contribution in [2.45, 2.75) is 43.8 Å². The van der Waals surface area contributed by atoms with Crippen molar-refractivity contribution in [3.63, 3.8) is 0 Å². The Bertz CT molecular complexity index is 806. The molecule has 0 amide bonds. The van der Waals surface area contributed by atoms with Gasteiger partial charge in [0.15, 0.2) is 10.9 Å². The molecule has 6 nitrogen and oxygen atoms in total. The molecule has 0 aromatic carbocycles. The average molecular weight is 369 g/mol. The van der Waals surface area contributed by atoms with E-state index in [2.05, 4.69) is 38.9 Å². The number of hydrogen-bond acceptors (Lipinski definition) is 7. The Kier molecular flexibility index (Phi) is 6.35. The summed E-state index contributed by atoms with van der Waals surface area (Å²) in [5.41, 5.74) is 2.90. The third-order valence-corrected chi connectivity index (χ3v) is 5.13. The lowest BCUT2D eigenvalue weighted by Crippen LogP contribution is -2.17. The molecule has 26 heavy (non-hydrogen) atoms. The van der Waals surface area contributed by atoms with Crippen LogP contribution >= 0.6 is 11.8 Å². The fraction of sp³-hybridized carbons (Fsp3) is 0.368. The first-order valence-corrected chi connectivity index (χ1v) is 9.54. The predicted molar refractivity (Wildman–Crippen MR) is 103 cm³/mol. The van der Waals surface area contributed by atoms with Crippen molar-refractivity contribution < 1.29 is 4.52 Å². The Labute approximate surface area is 158 Å². The smallest absolute Gasteiger partial charge is 0.187 e. The molecule has 0 aliphatic carbocycles. The zero-order valence-corrected chi connectivity index (χ0v) is 16.1. The van der Waals surface area contributed by atoms with Gasteiger partial charge in [0.25, 0.3) is 0 Å². The van der Waals surface area contributed by atoms with Crippen LogP contribution in [-0.4, -0.2) is 37.3 Å². The highest BCUT2D eigenvalue weighted by Gasteiger charge is 2.10. The van der Waals surface area contributed by atoms with E-state index in [9.17, 15) is 0 Å². The normalized spacial score (nSPS) is 12.5. The Morgan fingerprint density at radius 3 is 2.58 bits per heavy atom. The van der Waals surface area contributed by atoms with Crippen LogP contribution in [0.25, 0.3) is 11.3 Å². The second-order valence-corrected chi connectivity index (χ2v) is 7.70. The quantitative estimate of drug-likeness (QED) is 0.438. The van der Waals surface area contributed by atoms with Crippen LogP contribution in [0.1, 0.15) is 31.6 Å². The molecular weight excluding hydrogens is 346 g/mol. The van der Waals surface area contributed by atoms with Crippen molar-refractivity contribution >= 4 is 11.8 Å². The average Bonchev–Trinajstić information content (AvgIpc) is 3.12. The van der Waals surface area contributed by atoms with Crippen LogP contribution in [0.4, 0.5) is 0 Å². The molecule has 0 bridgehead atoms. The van der Waals surface area contributed by atoms with Crippen LogP contribution in [0.2, 0.25) is 0 Å². The Balaban J connectivity index is 1.56. The van der Waals surface area contributed by atoms with Gasteiger partial charge in [0.05, 0.1) is 6.54 Å². The van der Waals surface area contributed by atoms with Gasteiger partial charge in [-0.25, -0.2) is 9.97 Å². The number of hydrogen-bond donors (Lipinski definition) is 0. The molecule has 0 radical (unpaired) electrons. The molecule has 0 N–H and O–H groups in total. The van der Waals surface area contributed by atoms with Gasteiger partial charge in [0.2, 0.25) is 0 Å². The molecule has 0 saturated heterocycles. The highest BCUT2D eigenvalue weighted by Crippen LogP contribution is 2.21. The van der Waals surface area contributed by atoms with Gasteiger partial charge in [-0.05, 0) is 25.6 Å². The molecule has 0 fully saturated rings. The molecule has 0 spiro atoms. The Hall–Kier alpha value is -2.25. The summed E-state index contributed by atoms with van der Waals surface area (Å²) < 4.78 is 5.46. The van der Waals surface area contributed by atoms with E-state index in [-0.39, 0.29) is 0 Å². The lowest BCUT2D eigenvalue weighted by Gasteiger charge is -2.14. The largest absolute Gasteiger partial charge is 0.359 e. The topological polar surface area (TPSA) is 67.9 Å². The van der Waals surface area contributed by atoms with E-state index >= 15 is 0 Å². The molecule has 3 rings (SSSR count). The van der Waals surface area contributed by atoms with Crippen LogP contribution in [0.5, 0.6) is 0 Å². The minimum Gasteiger partial charge on any atom is -0.359 e. The lowest BCUT2D eigenvalue weighted by molar-refractivity contribution is 0.266. The van der Waals surface area contributed by atoms with Crippen LogP contribution in [0.15, 0.2) is 52.7 Å². The molecule has 3 aromatic rings. The lowest BCUT2D eigenvalue weighted by atomic mass is 10.2. The van der Waals surface area contributed by atoms with E-state index in [1.807, 2.05) is 37.6 Å². The van der Waals surface area contributed by atoms with E-state index in [1.165, 1.54) is 0 Å². The van der Waals surface area contributed by atoms with Crippen LogP contribution in [0, 0.1) is 0 Å². The highest BCUT2D eigenvalue weighted by molar-refractivity contribution is 7.99. The second-order valence-electron chi connectivity index (χ2n) is 6.30. The summed E-state index contributed by atoms with van der Waals surface area (Å²) in [6.07, 6.45) is 8.41. The first kappa shape index (κ1) is 18.5. The monoisotopic (exact) mass is 369 g/mol. The van der Waals surface area contributed by atoms with Crippen molar-refractivity contribution in [3.05, 3.63) is 54.3 Å². The third-order valence-electron chi connectivity index (χ3n) is 3.98. The van der Waals surface area contributed by atoms with Crippen molar-refractivity contribution in [3.8, 4) is 11.3 Å². The summed E-state index contributed by atoms with van der Waals surface area (Å²) in [6, 6.07) is 5.80. The first-order valence-electron chi connectivity index (χ1n) is 8.66. The predicted octanol–water partition coefficient (Wildman–Crippen LogP) is 4.05. The maximum Gasteiger partial charge on any atom is 0.187 e. The summed E-state index contributed by atoms with van der Waals surface area (Å²) >= 11 is 1.71. The van der Waals surface area contributed by atoms with Crippen LogP contribution < -0.4 is 0 Å². The SMILES string of the molecule is CCC(C)Sc1ncc(CN(C)Cc2cc(-c3ccncc3)no2)cn1. The van der Waals surface area contributed by atoms with Gasteiger partial charge in [0, 0.05) is 53.8 Å². The maximum atomic E-state index is 5.46. The van der Waals surface area contributed by atoms with Crippen LogP contribution in [0.3, 0.4) is 0 Å². The maximum absolute atomic E-state index is 5.46. The first-order chi connectivity index (χ1) is 12.6. The third kappa shape index (κ3) is 5.12. The van der Waals surface area contributed by atoms with Gasteiger partial charge in [-0.2, -0.15) is 0 Å². The zero-order chi connectivity index (χ0) is 18.4. The molecule has 0 saturated carbocycles. The summed E-state index contributed by atoms with van der Waals surface area (Å²) in [5.74, 6) is 0.823. The van der Waals surface area contributed by atoms with E-state index in [4.69, 9.17) is 4.52 Å². The standard InChI is InChI=1S/C19H23N5OS/c1-4-14(2)26-19-21-10-15(11-22-19)12-24(3)13-17-9-18(23-25-17)16-5-7-20-8-6-16/h5-11,14H,4,12-13H2,1-3H3. The molecule has 1 unspecified atom stereocenters. The number of thioether (sulfide) groups is 1.